The number of nitrogens with zero attached hydrogens (tertiary/aromatic N) is 1. The molecular formula is C27H36FN3O3. The first-order chi connectivity index (χ1) is 16.2. The number of likely N-dealkylation sites (tertiary alicyclic amines) is 1. The van der Waals surface area contributed by atoms with Crippen molar-refractivity contribution in [3.05, 3.63) is 71.5 Å². The van der Waals surface area contributed by atoms with Crippen molar-refractivity contribution in [3.63, 3.8) is 0 Å². The largest absolute Gasteiger partial charge is 0.444 e. The smallest absolute Gasteiger partial charge is 0.410 e. The molecular weight excluding hydrogens is 433 g/mol. The number of carbonyl (C=O) groups is 2. The van der Waals surface area contributed by atoms with Crippen molar-refractivity contribution in [1.82, 2.24) is 15.5 Å². The number of hydrogen-bond donors (Lipinski definition) is 2. The van der Waals surface area contributed by atoms with Gasteiger partial charge in [-0.1, -0.05) is 30.3 Å². The van der Waals surface area contributed by atoms with E-state index < -0.39 is 5.60 Å². The predicted octanol–water partition coefficient (Wildman–Crippen LogP) is 4.75. The minimum atomic E-state index is -0.506. The van der Waals surface area contributed by atoms with Crippen LogP contribution in [0.2, 0.25) is 0 Å². The number of hydrogen-bond acceptors (Lipinski definition) is 4. The number of ether oxygens (including phenoxy) is 1. The number of rotatable bonds is 8. The SMILES string of the molecule is CC(C)(C)OC(=O)N1CCC(CC(CNCc2ccccc2)NC(=O)c2ccc(F)cc2)CC1. The normalized spacial score (nSPS) is 15.6. The molecule has 1 aliphatic heterocycles. The highest BCUT2D eigenvalue weighted by molar-refractivity contribution is 5.94. The summed E-state index contributed by atoms with van der Waals surface area (Å²) in [5.41, 5.74) is 1.11. The first-order valence-electron chi connectivity index (χ1n) is 12.0. The van der Waals surface area contributed by atoms with Gasteiger partial charge in [0.05, 0.1) is 0 Å². The van der Waals surface area contributed by atoms with E-state index in [0.717, 1.165) is 19.3 Å². The van der Waals surface area contributed by atoms with Crippen LogP contribution in [0, 0.1) is 11.7 Å². The Morgan fingerprint density at radius 1 is 1.06 bits per heavy atom. The zero-order chi connectivity index (χ0) is 24.6. The highest BCUT2D eigenvalue weighted by Crippen LogP contribution is 2.23. The van der Waals surface area contributed by atoms with Crippen LogP contribution in [0.4, 0.5) is 9.18 Å². The Morgan fingerprint density at radius 3 is 2.32 bits per heavy atom. The average Bonchev–Trinajstić information content (AvgIpc) is 2.79. The summed E-state index contributed by atoms with van der Waals surface area (Å²) < 4.78 is 18.7. The summed E-state index contributed by atoms with van der Waals surface area (Å²) in [6.07, 6.45) is 2.26. The van der Waals surface area contributed by atoms with Gasteiger partial charge in [0.25, 0.3) is 5.91 Å². The Bertz CT molecular complexity index is 920. The summed E-state index contributed by atoms with van der Waals surface area (Å²) >= 11 is 0. The minimum absolute atomic E-state index is 0.0839. The molecule has 3 rings (SSSR count). The summed E-state index contributed by atoms with van der Waals surface area (Å²) in [4.78, 5) is 26.9. The van der Waals surface area contributed by atoms with Crippen molar-refractivity contribution in [1.29, 1.82) is 0 Å². The lowest BCUT2D eigenvalue weighted by Crippen LogP contribution is -2.46. The summed E-state index contributed by atoms with van der Waals surface area (Å²) in [5.74, 6) is -0.192. The maximum absolute atomic E-state index is 13.3. The van der Waals surface area contributed by atoms with Crippen molar-refractivity contribution in [3.8, 4) is 0 Å². The van der Waals surface area contributed by atoms with E-state index in [4.69, 9.17) is 4.74 Å². The Kier molecular flexibility index (Phi) is 9.05. The van der Waals surface area contributed by atoms with Gasteiger partial charge in [0.2, 0.25) is 0 Å². The van der Waals surface area contributed by atoms with E-state index in [2.05, 4.69) is 22.8 Å². The van der Waals surface area contributed by atoms with E-state index >= 15 is 0 Å². The van der Waals surface area contributed by atoms with Gasteiger partial charge < -0.3 is 20.3 Å². The standard InChI is InChI=1S/C27H36FN3O3/c1-27(2,3)34-26(33)31-15-13-20(14-16-31)17-24(19-29-18-21-7-5-4-6-8-21)30-25(32)22-9-11-23(28)12-10-22/h4-12,20,24,29H,13-19H2,1-3H3,(H,30,32). The van der Waals surface area contributed by atoms with Crippen molar-refractivity contribution in [2.75, 3.05) is 19.6 Å². The van der Waals surface area contributed by atoms with E-state index in [1.165, 1.54) is 29.8 Å². The number of halogens is 1. The second kappa shape index (κ2) is 12.0. The molecule has 2 amide bonds. The van der Waals surface area contributed by atoms with E-state index in [9.17, 15) is 14.0 Å². The first-order valence-corrected chi connectivity index (χ1v) is 12.0. The van der Waals surface area contributed by atoms with Crippen LogP contribution in [0.1, 0.15) is 56.0 Å². The van der Waals surface area contributed by atoms with Gasteiger partial charge in [0.1, 0.15) is 11.4 Å². The molecule has 1 heterocycles. The zero-order valence-corrected chi connectivity index (χ0v) is 20.4. The molecule has 1 unspecified atom stereocenters. The molecule has 2 aromatic carbocycles. The van der Waals surface area contributed by atoms with Crippen molar-refractivity contribution >= 4 is 12.0 Å². The van der Waals surface area contributed by atoms with Crippen LogP contribution in [-0.4, -0.2) is 48.2 Å². The van der Waals surface area contributed by atoms with Crippen molar-refractivity contribution in [2.24, 2.45) is 5.92 Å². The number of amides is 2. The van der Waals surface area contributed by atoms with Gasteiger partial charge >= 0.3 is 6.09 Å². The molecule has 0 aliphatic carbocycles. The highest BCUT2D eigenvalue weighted by Gasteiger charge is 2.28. The molecule has 0 saturated carbocycles. The number of carbonyl (C=O) groups excluding carboxylic acids is 2. The van der Waals surface area contributed by atoms with Crippen LogP contribution in [-0.2, 0) is 11.3 Å². The molecule has 184 valence electrons. The second-order valence-corrected chi connectivity index (χ2v) is 9.94. The number of benzene rings is 2. The third kappa shape index (κ3) is 8.45. The van der Waals surface area contributed by atoms with E-state index in [1.54, 1.807) is 4.90 Å². The van der Waals surface area contributed by atoms with Crippen LogP contribution in [0.3, 0.4) is 0 Å². The lowest BCUT2D eigenvalue weighted by atomic mass is 9.90. The predicted molar refractivity (Wildman–Crippen MR) is 131 cm³/mol. The maximum Gasteiger partial charge on any atom is 0.410 e. The monoisotopic (exact) mass is 469 g/mol. The molecule has 0 aromatic heterocycles. The third-order valence-electron chi connectivity index (χ3n) is 5.89. The Balaban J connectivity index is 1.56. The van der Waals surface area contributed by atoms with Gasteiger partial charge in [-0.2, -0.15) is 0 Å². The molecule has 1 aliphatic rings. The van der Waals surface area contributed by atoms with Gasteiger partial charge in [-0.25, -0.2) is 9.18 Å². The van der Waals surface area contributed by atoms with Gasteiger partial charge in [0.15, 0.2) is 0 Å². The summed E-state index contributed by atoms with van der Waals surface area (Å²) in [6.45, 7) is 8.23. The molecule has 7 heteroatoms. The minimum Gasteiger partial charge on any atom is -0.444 e. The van der Waals surface area contributed by atoms with Crippen LogP contribution in [0.25, 0.3) is 0 Å². The lowest BCUT2D eigenvalue weighted by Gasteiger charge is -2.35. The summed E-state index contributed by atoms with van der Waals surface area (Å²) in [6, 6.07) is 15.6. The van der Waals surface area contributed by atoms with Crippen molar-refractivity contribution < 1.29 is 18.7 Å². The van der Waals surface area contributed by atoms with Crippen LogP contribution < -0.4 is 10.6 Å². The molecule has 2 N–H and O–H groups in total. The molecule has 0 radical (unpaired) electrons. The summed E-state index contributed by atoms with van der Waals surface area (Å²) in [7, 11) is 0. The second-order valence-electron chi connectivity index (χ2n) is 9.94. The Morgan fingerprint density at radius 2 is 1.71 bits per heavy atom. The van der Waals surface area contributed by atoms with Crippen LogP contribution >= 0.6 is 0 Å². The first kappa shape index (κ1) is 25.7. The van der Waals surface area contributed by atoms with Crippen LogP contribution in [0.5, 0.6) is 0 Å². The molecule has 2 aromatic rings. The molecule has 6 nitrogen and oxygen atoms in total. The van der Waals surface area contributed by atoms with E-state index in [0.29, 0.717) is 37.7 Å². The Labute approximate surface area is 201 Å². The fourth-order valence-electron chi connectivity index (χ4n) is 4.13. The van der Waals surface area contributed by atoms with Gasteiger partial charge in [-0.15, -0.1) is 0 Å². The fourth-order valence-corrected chi connectivity index (χ4v) is 4.13. The quantitative estimate of drug-likeness (QED) is 0.585. The van der Waals surface area contributed by atoms with E-state index in [1.807, 2.05) is 39.0 Å². The zero-order valence-electron chi connectivity index (χ0n) is 20.4. The van der Waals surface area contributed by atoms with E-state index in [-0.39, 0.29) is 23.9 Å². The maximum atomic E-state index is 13.3. The fraction of sp³-hybridized carbons (Fsp3) is 0.481. The molecule has 0 bridgehead atoms. The lowest BCUT2D eigenvalue weighted by molar-refractivity contribution is 0.0178. The van der Waals surface area contributed by atoms with Crippen molar-refractivity contribution in [2.45, 2.75) is 58.2 Å². The van der Waals surface area contributed by atoms with Gasteiger partial charge in [-0.3, -0.25) is 4.79 Å². The van der Waals surface area contributed by atoms with Crippen LogP contribution in [0.15, 0.2) is 54.6 Å². The third-order valence-corrected chi connectivity index (χ3v) is 5.89. The number of nitrogens with one attached hydrogen (secondary N) is 2. The molecule has 1 fully saturated rings. The molecule has 1 saturated heterocycles. The van der Waals surface area contributed by atoms with Gasteiger partial charge in [0, 0.05) is 37.8 Å². The molecule has 1 atom stereocenters. The number of piperidine rings is 1. The highest BCUT2D eigenvalue weighted by atomic mass is 19.1. The Hall–Kier alpha value is -2.93. The topological polar surface area (TPSA) is 70.7 Å². The molecule has 34 heavy (non-hydrogen) atoms. The summed E-state index contributed by atoms with van der Waals surface area (Å²) in [5, 5.41) is 6.57. The molecule has 0 spiro atoms. The van der Waals surface area contributed by atoms with Gasteiger partial charge in [-0.05, 0) is 75.8 Å². The average molecular weight is 470 g/mol.